The quantitative estimate of drug-likeness (QED) is 0.159. The molecular weight excluding hydrogens is 480 g/mol. The summed E-state index contributed by atoms with van der Waals surface area (Å²) in [5, 5.41) is 15.1. The van der Waals surface area contributed by atoms with Crippen LogP contribution in [0.3, 0.4) is 0 Å². The summed E-state index contributed by atoms with van der Waals surface area (Å²) in [4.78, 5) is 22.1. The van der Waals surface area contributed by atoms with Crippen LogP contribution in [0.2, 0.25) is 0 Å². The van der Waals surface area contributed by atoms with Gasteiger partial charge >= 0.3 is 5.97 Å². The molecule has 0 fully saturated rings. The lowest BCUT2D eigenvalue weighted by molar-refractivity contribution is 0.0608. The number of nitrogens with one attached hydrogen (secondary N) is 2. The van der Waals surface area contributed by atoms with Crippen LogP contribution in [-0.4, -0.2) is 49.4 Å². The number of esters is 1. The molecule has 176 valence electrons. The Labute approximate surface area is 209 Å². The van der Waals surface area contributed by atoms with Crippen LogP contribution in [0, 0.1) is 0 Å². The van der Waals surface area contributed by atoms with Crippen molar-refractivity contribution in [3.05, 3.63) is 76.5 Å². The Hall–Kier alpha value is -3.76. The van der Waals surface area contributed by atoms with Crippen LogP contribution >= 0.6 is 23.1 Å². The summed E-state index contributed by atoms with van der Waals surface area (Å²) < 4.78 is 5.02. The summed E-state index contributed by atoms with van der Waals surface area (Å²) in [6.07, 6.45) is 1.82. The molecule has 8 nitrogen and oxygen atoms in total. The summed E-state index contributed by atoms with van der Waals surface area (Å²) in [5.74, 6) is 1.02. The maximum atomic E-state index is 12.5. The number of methoxy groups -OCH3 is 1. The van der Waals surface area contributed by atoms with Crippen molar-refractivity contribution in [2.75, 3.05) is 12.9 Å². The standard InChI is InChI=1S/C25H22N6O2S2/c1-4-13-34-25-26-19-20(27-25)22(24(32)33-3)35-21(19)14(2)15-9-11-16(12-10-15)17-7-5-6-8-18(17)23-28-30-31-29-23/h4-12,14H,1,13H2,2-3H3,(H,26,27)(H,28,29,30,31). The van der Waals surface area contributed by atoms with E-state index in [0.29, 0.717) is 10.7 Å². The molecule has 0 spiro atoms. The van der Waals surface area contributed by atoms with Crippen LogP contribution in [0.25, 0.3) is 33.5 Å². The van der Waals surface area contributed by atoms with Crippen molar-refractivity contribution in [1.29, 1.82) is 0 Å². The Morgan fingerprint density at radius 1 is 1.20 bits per heavy atom. The van der Waals surface area contributed by atoms with Crippen LogP contribution in [0.15, 0.2) is 66.3 Å². The molecule has 3 heterocycles. The van der Waals surface area contributed by atoms with E-state index in [1.807, 2.05) is 30.3 Å². The van der Waals surface area contributed by atoms with Gasteiger partial charge in [-0.25, -0.2) is 14.9 Å². The summed E-state index contributed by atoms with van der Waals surface area (Å²) in [6.45, 7) is 5.89. The highest BCUT2D eigenvalue weighted by Gasteiger charge is 2.25. The average Bonchev–Trinajstić information content (AvgIpc) is 3.64. The number of aromatic nitrogens is 6. The van der Waals surface area contributed by atoms with E-state index in [1.54, 1.807) is 11.8 Å². The molecule has 0 aliphatic carbocycles. The van der Waals surface area contributed by atoms with Gasteiger partial charge in [-0.05, 0) is 27.1 Å². The molecule has 10 heteroatoms. The van der Waals surface area contributed by atoms with E-state index < -0.39 is 0 Å². The molecule has 5 rings (SSSR count). The number of imidazole rings is 1. The normalized spacial score (nSPS) is 12.1. The first-order valence-corrected chi connectivity index (χ1v) is 12.7. The Morgan fingerprint density at radius 2 is 1.97 bits per heavy atom. The number of carbonyl (C=O) groups excluding carboxylic acids is 1. The van der Waals surface area contributed by atoms with E-state index in [2.05, 4.69) is 63.4 Å². The molecular formula is C25H22N6O2S2. The van der Waals surface area contributed by atoms with Gasteiger partial charge in [0.1, 0.15) is 10.4 Å². The highest BCUT2D eigenvalue weighted by molar-refractivity contribution is 7.99. The molecule has 35 heavy (non-hydrogen) atoms. The summed E-state index contributed by atoms with van der Waals surface area (Å²) in [7, 11) is 1.39. The second-order valence-corrected chi connectivity index (χ2v) is 9.85. The number of ether oxygens (including phenoxy) is 1. The number of hydrogen-bond acceptors (Lipinski definition) is 8. The second kappa shape index (κ2) is 9.85. The van der Waals surface area contributed by atoms with Gasteiger partial charge in [0.2, 0.25) is 0 Å². The number of carbonyl (C=O) groups is 1. The van der Waals surface area contributed by atoms with Gasteiger partial charge in [-0.2, -0.15) is 0 Å². The first-order chi connectivity index (χ1) is 17.1. The number of hydrogen-bond donors (Lipinski definition) is 2. The van der Waals surface area contributed by atoms with Gasteiger partial charge in [0, 0.05) is 22.1 Å². The minimum absolute atomic E-state index is 0.0317. The molecule has 0 aliphatic rings. The number of aromatic amines is 2. The smallest absolute Gasteiger partial charge is 0.350 e. The maximum Gasteiger partial charge on any atom is 0.350 e. The van der Waals surface area contributed by atoms with Crippen LogP contribution in [0.1, 0.15) is 33.0 Å². The SMILES string of the molecule is C=CCSc1nc2c(C(C)c3ccc(-c4ccccc4-c4nnn[nH]4)cc3)sc(C(=O)OC)c2[nH]1. The average molecular weight is 503 g/mol. The molecule has 2 aromatic carbocycles. The molecule has 1 atom stereocenters. The van der Waals surface area contributed by atoms with E-state index in [-0.39, 0.29) is 11.9 Å². The van der Waals surface area contributed by atoms with Crippen molar-refractivity contribution in [1.82, 2.24) is 30.6 Å². The van der Waals surface area contributed by atoms with Gasteiger partial charge in [0.15, 0.2) is 11.0 Å². The first kappa shape index (κ1) is 23.0. The van der Waals surface area contributed by atoms with Crippen LogP contribution in [0.4, 0.5) is 0 Å². The van der Waals surface area contributed by atoms with Gasteiger partial charge in [-0.15, -0.1) is 23.0 Å². The number of H-pyrrole nitrogens is 2. The number of tetrazole rings is 1. The highest BCUT2D eigenvalue weighted by atomic mass is 32.2. The fourth-order valence-electron chi connectivity index (χ4n) is 3.96. The zero-order valence-electron chi connectivity index (χ0n) is 19.1. The van der Waals surface area contributed by atoms with E-state index in [0.717, 1.165) is 49.1 Å². The van der Waals surface area contributed by atoms with E-state index in [4.69, 9.17) is 9.72 Å². The summed E-state index contributed by atoms with van der Waals surface area (Å²) in [6, 6.07) is 16.4. The number of thiophene rings is 1. The highest BCUT2D eigenvalue weighted by Crippen LogP contribution is 2.40. The van der Waals surface area contributed by atoms with Crippen molar-refractivity contribution in [2.45, 2.75) is 18.0 Å². The van der Waals surface area contributed by atoms with Gasteiger partial charge < -0.3 is 9.72 Å². The molecule has 0 saturated carbocycles. The largest absolute Gasteiger partial charge is 0.465 e. The molecule has 0 aliphatic heterocycles. The zero-order valence-corrected chi connectivity index (χ0v) is 20.7. The predicted octanol–water partition coefficient (Wildman–Crippen LogP) is 5.69. The molecule has 0 radical (unpaired) electrons. The van der Waals surface area contributed by atoms with E-state index in [9.17, 15) is 4.79 Å². The first-order valence-electron chi connectivity index (χ1n) is 10.9. The number of fused-ring (bicyclic) bond motifs is 1. The van der Waals surface area contributed by atoms with Crippen LogP contribution < -0.4 is 0 Å². The van der Waals surface area contributed by atoms with Gasteiger partial charge in [0.25, 0.3) is 0 Å². The molecule has 3 aromatic heterocycles. The lowest BCUT2D eigenvalue weighted by Crippen LogP contribution is -1.98. The number of nitrogens with zero attached hydrogens (tertiary/aromatic N) is 4. The topological polar surface area (TPSA) is 109 Å². The van der Waals surface area contributed by atoms with E-state index >= 15 is 0 Å². The fraction of sp³-hybridized carbons (Fsp3) is 0.160. The molecule has 0 bridgehead atoms. The Morgan fingerprint density at radius 3 is 2.66 bits per heavy atom. The van der Waals surface area contributed by atoms with Crippen molar-refractivity contribution < 1.29 is 9.53 Å². The van der Waals surface area contributed by atoms with Crippen molar-refractivity contribution in [2.24, 2.45) is 0 Å². The van der Waals surface area contributed by atoms with Crippen LogP contribution in [0.5, 0.6) is 0 Å². The van der Waals surface area contributed by atoms with Crippen molar-refractivity contribution in [3.8, 4) is 22.5 Å². The zero-order chi connectivity index (χ0) is 24.4. The summed E-state index contributed by atoms with van der Waals surface area (Å²) >= 11 is 2.97. The third-order valence-electron chi connectivity index (χ3n) is 5.71. The van der Waals surface area contributed by atoms with Gasteiger partial charge in [-0.1, -0.05) is 73.3 Å². The number of thioether (sulfide) groups is 1. The summed E-state index contributed by atoms with van der Waals surface area (Å²) in [5.41, 5.74) is 5.68. The van der Waals surface area contributed by atoms with Crippen molar-refractivity contribution >= 4 is 40.1 Å². The predicted molar refractivity (Wildman–Crippen MR) is 139 cm³/mol. The van der Waals surface area contributed by atoms with Crippen molar-refractivity contribution in [3.63, 3.8) is 0 Å². The lowest BCUT2D eigenvalue weighted by atomic mass is 9.94. The molecule has 0 saturated heterocycles. The number of benzene rings is 2. The third kappa shape index (κ3) is 4.38. The van der Waals surface area contributed by atoms with E-state index in [1.165, 1.54) is 18.4 Å². The number of rotatable bonds is 8. The Kier molecular flexibility index (Phi) is 6.47. The lowest BCUT2D eigenvalue weighted by Gasteiger charge is -2.12. The fourth-order valence-corrected chi connectivity index (χ4v) is 5.76. The van der Waals surface area contributed by atoms with Gasteiger partial charge in [0.05, 0.1) is 12.6 Å². The maximum absolute atomic E-state index is 12.5. The Balaban J connectivity index is 1.50. The minimum atomic E-state index is -0.365. The third-order valence-corrected chi connectivity index (χ3v) is 7.92. The molecule has 1 unspecified atom stereocenters. The Bertz CT molecular complexity index is 1490. The van der Waals surface area contributed by atoms with Gasteiger partial charge in [-0.3, -0.25) is 0 Å². The second-order valence-electron chi connectivity index (χ2n) is 7.79. The molecule has 0 amide bonds. The monoisotopic (exact) mass is 502 g/mol. The van der Waals surface area contributed by atoms with Crippen LogP contribution in [-0.2, 0) is 4.74 Å². The molecule has 5 aromatic rings. The minimum Gasteiger partial charge on any atom is -0.465 e. The molecule has 2 N–H and O–H groups in total.